The molecule has 4 rings (SSSR count). The maximum absolute atomic E-state index is 10.1. The lowest BCUT2D eigenvalue weighted by atomic mass is 9.93. The summed E-state index contributed by atoms with van der Waals surface area (Å²) in [4.78, 5) is 4.29. The van der Waals surface area contributed by atoms with Crippen LogP contribution in [0.2, 0.25) is 0 Å². The molecule has 7 nitrogen and oxygen atoms in total. The predicted molar refractivity (Wildman–Crippen MR) is 90.4 cm³/mol. The quantitative estimate of drug-likeness (QED) is 0.809. The molecule has 2 heterocycles. The number of fused-ring (bicyclic) bond motifs is 2. The normalized spacial score (nSPS) is 40.9. The number of nitriles is 2. The van der Waals surface area contributed by atoms with Gasteiger partial charge in [0.25, 0.3) is 5.91 Å². The van der Waals surface area contributed by atoms with Gasteiger partial charge in [-0.2, -0.15) is 10.5 Å². The van der Waals surface area contributed by atoms with Crippen LogP contribution >= 0.6 is 15.9 Å². The molecule has 1 saturated carbocycles. The maximum atomic E-state index is 10.1. The number of rotatable bonds is 2. The van der Waals surface area contributed by atoms with Crippen LogP contribution in [0.15, 0.2) is 27.7 Å². The van der Waals surface area contributed by atoms with Gasteiger partial charge >= 0.3 is 0 Å². The molecule has 2 N–H and O–H groups in total. The number of nitrogens with zero attached hydrogens (tertiary/aromatic N) is 3. The lowest BCUT2D eigenvalue weighted by Gasteiger charge is -2.26. The van der Waals surface area contributed by atoms with Crippen LogP contribution in [0.1, 0.15) is 18.4 Å². The first-order valence-corrected chi connectivity index (χ1v) is 8.55. The molecule has 0 unspecified atom stereocenters. The number of halogens is 1. The van der Waals surface area contributed by atoms with Crippen molar-refractivity contribution in [2.45, 2.75) is 24.9 Å². The van der Waals surface area contributed by atoms with Crippen molar-refractivity contribution in [1.82, 2.24) is 0 Å². The molecule has 1 aromatic rings. The molecular weight excluding hydrogens is 388 g/mol. The first-order chi connectivity index (χ1) is 11.9. The average molecular weight is 403 g/mol. The second-order valence-electron chi connectivity index (χ2n) is 6.48. The van der Waals surface area contributed by atoms with Crippen molar-refractivity contribution in [3.8, 4) is 17.9 Å². The summed E-state index contributed by atoms with van der Waals surface area (Å²) in [5.74, 6) is -1.48. The van der Waals surface area contributed by atoms with E-state index >= 15 is 0 Å². The van der Waals surface area contributed by atoms with E-state index in [1.54, 1.807) is 13.2 Å². The molecule has 1 aromatic carbocycles. The number of hydrogen-bond donors (Lipinski definition) is 1. The van der Waals surface area contributed by atoms with Gasteiger partial charge in [0.2, 0.25) is 0 Å². The lowest BCUT2D eigenvalue weighted by molar-refractivity contribution is -0.193. The Hall–Kier alpha value is -2.13. The van der Waals surface area contributed by atoms with Gasteiger partial charge in [-0.15, -0.1) is 0 Å². The Labute approximate surface area is 153 Å². The standard InChI is InChI=1S/C17H15BrN4O3/c1-9-6-24-17(25-9)16(8-20)13(15(16,7-19)14(21)22-17)11-5-10(18)3-4-12(11)23-2/h3-5,9,13H,6H2,1-2H3,(H2,21,22)/t9-,13+,15+,16+,17+/m0/s1. The number of amidine groups is 1. The van der Waals surface area contributed by atoms with E-state index < -0.39 is 22.7 Å². The van der Waals surface area contributed by atoms with Gasteiger partial charge in [-0.1, -0.05) is 15.9 Å². The summed E-state index contributed by atoms with van der Waals surface area (Å²) >= 11 is 3.43. The van der Waals surface area contributed by atoms with E-state index in [1.807, 2.05) is 19.1 Å². The first kappa shape index (κ1) is 16.3. The number of aliphatic imine (C=N–C) groups is 1. The SMILES string of the molecule is COc1ccc(Br)cc1[C@H]1[C@@]2(C#N)[C@@]3(N=C(N)[C@@]12C#N)OC[C@H](C)O3. The molecular formula is C17H15BrN4O3. The monoisotopic (exact) mass is 402 g/mol. The number of hydrogen-bond acceptors (Lipinski definition) is 7. The molecule has 2 fully saturated rings. The maximum Gasteiger partial charge on any atom is 0.293 e. The zero-order valence-electron chi connectivity index (χ0n) is 13.6. The minimum atomic E-state index is -1.56. The fourth-order valence-electron chi connectivity index (χ4n) is 4.26. The number of nitrogens with two attached hydrogens (primary N) is 1. The number of methoxy groups -OCH3 is 1. The van der Waals surface area contributed by atoms with Gasteiger partial charge in [0.05, 0.1) is 32.0 Å². The smallest absolute Gasteiger partial charge is 0.293 e. The molecule has 25 heavy (non-hydrogen) atoms. The second-order valence-corrected chi connectivity index (χ2v) is 7.39. The van der Waals surface area contributed by atoms with Crippen molar-refractivity contribution >= 4 is 21.8 Å². The fraction of sp³-hybridized carbons (Fsp3) is 0.471. The van der Waals surface area contributed by atoms with Gasteiger partial charge in [0, 0.05) is 16.0 Å². The summed E-state index contributed by atoms with van der Waals surface area (Å²) in [5, 5.41) is 20.1. The molecule has 1 spiro atoms. The highest BCUT2D eigenvalue weighted by atomic mass is 79.9. The van der Waals surface area contributed by atoms with Crippen LogP contribution in [0, 0.1) is 33.5 Å². The van der Waals surface area contributed by atoms with Crippen LogP contribution in [0.3, 0.4) is 0 Å². The molecule has 0 radical (unpaired) electrons. The van der Waals surface area contributed by atoms with Crippen molar-refractivity contribution in [2.75, 3.05) is 13.7 Å². The third-order valence-electron chi connectivity index (χ3n) is 5.30. The van der Waals surface area contributed by atoms with Crippen LogP contribution < -0.4 is 10.5 Å². The Morgan fingerprint density at radius 2 is 2.16 bits per heavy atom. The predicted octanol–water partition coefficient (Wildman–Crippen LogP) is 2.03. The minimum Gasteiger partial charge on any atom is -0.496 e. The van der Waals surface area contributed by atoms with Crippen LogP contribution in [0.5, 0.6) is 5.75 Å². The summed E-state index contributed by atoms with van der Waals surface area (Å²) in [6, 6.07) is 9.95. The van der Waals surface area contributed by atoms with Crippen LogP contribution in [-0.4, -0.2) is 31.6 Å². The Morgan fingerprint density at radius 3 is 2.72 bits per heavy atom. The highest BCUT2D eigenvalue weighted by molar-refractivity contribution is 9.10. The Morgan fingerprint density at radius 1 is 1.40 bits per heavy atom. The topological polar surface area (TPSA) is 114 Å². The summed E-state index contributed by atoms with van der Waals surface area (Å²) in [7, 11) is 1.54. The van der Waals surface area contributed by atoms with E-state index in [1.165, 1.54) is 0 Å². The fourth-order valence-corrected chi connectivity index (χ4v) is 4.64. The largest absolute Gasteiger partial charge is 0.496 e. The molecule has 3 aliphatic rings. The summed E-state index contributed by atoms with van der Waals surface area (Å²) in [5.41, 5.74) is 4.19. The third kappa shape index (κ3) is 1.63. The third-order valence-corrected chi connectivity index (χ3v) is 5.80. The average Bonchev–Trinajstić information content (AvgIpc) is 2.98. The van der Waals surface area contributed by atoms with Gasteiger partial charge in [0.1, 0.15) is 17.0 Å². The molecule has 1 saturated heterocycles. The van der Waals surface area contributed by atoms with Crippen LogP contribution in [-0.2, 0) is 9.47 Å². The lowest BCUT2D eigenvalue weighted by Crippen LogP contribution is -2.39. The minimum absolute atomic E-state index is 0.0673. The van der Waals surface area contributed by atoms with Crippen molar-refractivity contribution in [3.63, 3.8) is 0 Å². The molecule has 0 amide bonds. The second kappa shape index (κ2) is 4.95. The van der Waals surface area contributed by atoms with Gasteiger partial charge < -0.3 is 19.9 Å². The number of ether oxygens (including phenoxy) is 3. The van der Waals surface area contributed by atoms with Gasteiger partial charge in [-0.05, 0) is 25.1 Å². The van der Waals surface area contributed by atoms with Crippen molar-refractivity contribution < 1.29 is 14.2 Å². The highest BCUT2D eigenvalue weighted by Gasteiger charge is 2.94. The molecule has 1 aliphatic carbocycles. The molecule has 8 heteroatoms. The van der Waals surface area contributed by atoms with Crippen LogP contribution in [0.25, 0.3) is 0 Å². The summed E-state index contributed by atoms with van der Waals surface area (Å²) in [6.45, 7) is 2.11. The first-order valence-electron chi connectivity index (χ1n) is 7.76. The van der Waals surface area contributed by atoms with Crippen LogP contribution in [0.4, 0.5) is 0 Å². The Balaban J connectivity index is 1.95. The van der Waals surface area contributed by atoms with E-state index in [0.717, 1.165) is 4.47 Å². The summed E-state index contributed by atoms with van der Waals surface area (Å²) in [6.07, 6.45) is -0.248. The Bertz CT molecular complexity index is 891. The zero-order valence-corrected chi connectivity index (χ0v) is 15.2. The van der Waals surface area contributed by atoms with Gasteiger partial charge in [-0.3, -0.25) is 0 Å². The summed E-state index contributed by atoms with van der Waals surface area (Å²) < 4.78 is 18.0. The van der Waals surface area contributed by atoms with E-state index in [2.05, 4.69) is 33.1 Å². The van der Waals surface area contributed by atoms with Gasteiger partial charge in [0.15, 0.2) is 5.41 Å². The van der Waals surface area contributed by atoms with E-state index in [0.29, 0.717) is 11.3 Å². The van der Waals surface area contributed by atoms with Crippen molar-refractivity contribution in [2.24, 2.45) is 21.6 Å². The van der Waals surface area contributed by atoms with Gasteiger partial charge in [-0.25, -0.2) is 4.99 Å². The molecule has 5 atom stereocenters. The Kier molecular flexibility index (Phi) is 3.24. The highest BCUT2D eigenvalue weighted by Crippen LogP contribution is 2.83. The van der Waals surface area contributed by atoms with E-state index in [-0.39, 0.29) is 18.5 Å². The molecule has 128 valence electrons. The molecule has 0 aromatic heterocycles. The van der Waals surface area contributed by atoms with Crippen molar-refractivity contribution in [3.05, 3.63) is 28.2 Å². The zero-order chi connectivity index (χ0) is 18.0. The van der Waals surface area contributed by atoms with E-state index in [9.17, 15) is 10.5 Å². The number of benzene rings is 1. The molecule has 2 aliphatic heterocycles. The van der Waals surface area contributed by atoms with E-state index in [4.69, 9.17) is 19.9 Å². The molecule has 0 bridgehead atoms. The van der Waals surface area contributed by atoms with Crippen molar-refractivity contribution in [1.29, 1.82) is 10.5 Å².